The molecule has 6 N–H and O–H groups in total. The molecule has 45 heavy (non-hydrogen) atoms. The standard InChI is InChI=1S/C22H24F2N8O8P2S3/c23-12-10-5-35-41(34,43)39-15-11(38-20(13(15)24)31-4-2-8-9(25)1-3-27-17(8)31)6-36-42(44,45)40-16(12)21(37-10)32-7-28-14-18(32)29-22(26)30-19(14)33/h1-4,7,10-13,15-16,20-21H,5-6H2,(H2,25,27)(H,34,43)(H,44,45)(H3,26,29,30,33)/t10-,11-,12+,13+,15-,16-,20-,21-,41?/m1/s1. The van der Waals surface area contributed by atoms with Crippen LogP contribution in [-0.2, 0) is 51.2 Å². The van der Waals surface area contributed by atoms with Crippen LogP contribution in [0.4, 0.5) is 20.4 Å². The minimum atomic E-state index is -4.25. The van der Waals surface area contributed by atoms with E-state index < -0.39 is 80.4 Å². The lowest BCUT2D eigenvalue weighted by atomic mass is 10.1. The molecule has 242 valence electrons. The predicted molar refractivity (Wildman–Crippen MR) is 166 cm³/mol. The fourth-order valence-corrected chi connectivity index (χ4v) is 8.83. The van der Waals surface area contributed by atoms with Gasteiger partial charge in [0.2, 0.25) is 11.6 Å². The van der Waals surface area contributed by atoms with E-state index in [1.807, 2.05) is 0 Å². The SMILES string of the molecule is Nc1nc2c(ncn2[C@@H]2O[C@@H]3COP(O)(=S)O[C@H]4[C@H](F)[C@H](n5ccc6c(N)ccnc65)O[C@@H]4COP(=S)(S)O[C@@H]2[C@H]3F)c(=O)[nH]1. The lowest BCUT2D eigenvalue weighted by Gasteiger charge is -2.28. The van der Waals surface area contributed by atoms with Crippen molar-refractivity contribution < 1.29 is 41.2 Å². The summed E-state index contributed by atoms with van der Waals surface area (Å²) in [5.74, 6) is -0.216. The van der Waals surface area contributed by atoms with Crippen molar-refractivity contribution in [3.05, 3.63) is 41.2 Å². The Morgan fingerprint density at radius 3 is 2.56 bits per heavy atom. The summed E-state index contributed by atoms with van der Waals surface area (Å²) in [5.41, 5.74) is 8.14. The van der Waals surface area contributed by atoms with Crippen LogP contribution in [0.5, 0.6) is 0 Å². The number of hydrogen-bond acceptors (Lipinski definition) is 14. The number of alkyl halides is 2. The van der Waals surface area contributed by atoms with E-state index in [1.165, 1.54) is 21.7 Å². The zero-order valence-corrected chi connectivity index (χ0v) is 26.8. The van der Waals surface area contributed by atoms with Crippen LogP contribution >= 0.6 is 24.7 Å². The molecule has 3 aliphatic heterocycles. The van der Waals surface area contributed by atoms with E-state index in [1.54, 1.807) is 18.3 Å². The van der Waals surface area contributed by atoms with Gasteiger partial charge in [-0.3, -0.25) is 18.9 Å². The Kier molecular flexibility index (Phi) is 8.07. The summed E-state index contributed by atoms with van der Waals surface area (Å²) in [6.45, 7) is -5.33. The molecule has 0 spiro atoms. The van der Waals surface area contributed by atoms with Gasteiger partial charge >= 0.3 is 6.72 Å². The summed E-state index contributed by atoms with van der Waals surface area (Å²) < 4.78 is 69.4. The largest absolute Gasteiger partial charge is 0.398 e. The number of aromatic amines is 1. The van der Waals surface area contributed by atoms with E-state index in [9.17, 15) is 9.69 Å². The van der Waals surface area contributed by atoms with Crippen LogP contribution in [0.2, 0.25) is 0 Å². The van der Waals surface area contributed by atoms with Crippen LogP contribution in [0.15, 0.2) is 35.6 Å². The van der Waals surface area contributed by atoms with Crippen LogP contribution in [0.25, 0.3) is 22.2 Å². The van der Waals surface area contributed by atoms with E-state index >= 15 is 8.78 Å². The molecule has 2 bridgehead atoms. The fourth-order valence-electron chi connectivity index (χ4n) is 5.46. The zero-order valence-electron chi connectivity index (χ0n) is 22.5. The number of nitrogens with one attached hydrogen (secondary N) is 1. The Bertz CT molecular complexity index is 1950. The predicted octanol–water partition coefficient (Wildman–Crippen LogP) is 1.99. The molecule has 3 fully saturated rings. The highest BCUT2D eigenvalue weighted by atomic mass is 32.9. The van der Waals surface area contributed by atoms with Gasteiger partial charge in [0.25, 0.3) is 5.56 Å². The second-order valence-corrected chi connectivity index (χ2v) is 18.4. The van der Waals surface area contributed by atoms with Gasteiger partial charge in [0.15, 0.2) is 36.0 Å². The summed E-state index contributed by atoms with van der Waals surface area (Å²) in [7, 11) is 0. The Hall–Kier alpha value is -2.13. The zero-order chi connectivity index (χ0) is 31.8. The number of thiol groups is 1. The molecule has 0 amide bonds. The van der Waals surface area contributed by atoms with Gasteiger partial charge in [-0.25, -0.2) is 18.7 Å². The van der Waals surface area contributed by atoms with Gasteiger partial charge < -0.3 is 44.0 Å². The first-order valence-electron chi connectivity index (χ1n) is 13.2. The number of fused-ring (bicyclic) bond motifs is 5. The number of nitrogens with zero attached hydrogens (tertiary/aromatic N) is 5. The molecule has 7 rings (SSSR count). The number of nitrogens with two attached hydrogens (primary N) is 2. The number of nitrogen functional groups attached to an aromatic ring is 2. The molecular formula is C22H24F2N8O8P2S3. The molecule has 0 radical (unpaired) electrons. The monoisotopic (exact) mass is 724 g/mol. The number of aromatic nitrogens is 6. The lowest BCUT2D eigenvalue weighted by molar-refractivity contribution is -0.0555. The van der Waals surface area contributed by atoms with Crippen molar-refractivity contribution in [1.82, 2.24) is 29.1 Å². The molecule has 0 aliphatic carbocycles. The lowest BCUT2D eigenvalue weighted by Crippen LogP contribution is -2.34. The van der Waals surface area contributed by atoms with Crippen molar-refractivity contribution in [2.24, 2.45) is 0 Å². The third-order valence-electron chi connectivity index (χ3n) is 7.49. The molecule has 2 unspecified atom stereocenters. The van der Waals surface area contributed by atoms with Crippen LogP contribution in [0.1, 0.15) is 12.5 Å². The normalized spacial score (nSPS) is 37.7. The Balaban J connectivity index is 1.21. The van der Waals surface area contributed by atoms with Gasteiger partial charge in [0, 0.05) is 23.5 Å². The molecular weight excluding hydrogens is 700 g/mol. The number of halogens is 2. The number of hydrogen-bond donors (Lipinski definition) is 5. The summed E-state index contributed by atoms with van der Waals surface area (Å²) >= 11 is 15.1. The van der Waals surface area contributed by atoms with Crippen LogP contribution in [-0.4, -0.2) is 83.9 Å². The third kappa shape index (κ3) is 5.72. The summed E-state index contributed by atoms with van der Waals surface area (Å²) in [6.07, 6.45) is -7.88. The van der Waals surface area contributed by atoms with Crippen molar-refractivity contribution in [2.45, 2.75) is 49.2 Å². The second-order valence-electron chi connectivity index (χ2n) is 10.3. The highest BCUT2D eigenvalue weighted by Crippen LogP contribution is 2.59. The summed E-state index contributed by atoms with van der Waals surface area (Å²) in [4.78, 5) is 38.0. The molecule has 23 heteroatoms. The highest BCUT2D eigenvalue weighted by Gasteiger charge is 2.53. The molecule has 0 saturated carbocycles. The van der Waals surface area contributed by atoms with Gasteiger partial charge in [-0.15, -0.1) is 0 Å². The van der Waals surface area contributed by atoms with Crippen molar-refractivity contribution in [2.75, 3.05) is 24.7 Å². The quantitative estimate of drug-likeness (QED) is 0.148. The number of ether oxygens (including phenoxy) is 2. The smallest absolute Gasteiger partial charge is 0.325 e. The first-order valence-corrected chi connectivity index (χ1v) is 19.5. The maximum atomic E-state index is 16.1. The molecule has 3 saturated heterocycles. The third-order valence-corrected chi connectivity index (χ3v) is 11.2. The van der Waals surface area contributed by atoms with Gasteiger partial charge in [0.1, 0.15) is 30.1 Å². The average molecular weight is 725 g/mol. The number of imidazole rings is 1. The Morgan fingerprint density at radius 1 is 1.00 bits per heavy atom. The van der Waals surface area contributed by atoms with Crippen LogP contribution in [0.3, 0.4) is 0 Å². The van der Waals surface area contributed by atoms with Crippen molar-refractivity contribution in [3.8, 4) is 0 Å². The van der Waals surface area contributed by atoms with E-state index in [-0.39, 0.29) is 17.1 Å². The number of pyridine rings is 1. The number of H-pyrrole nitrogens is 1. The minimum absolute atomic E-state index is 0.0234. The number of anilines is 2. The minimum Gasteiger partial charge on any atom is -0.398 e. The first-order chi connectivity index (χ1) is 21.3. The van der Waals surface area contributed by atoms with Crippen molar-refractivity contribution in [3.63, 3.8) is 0 Å². The van der Waals surface area contributed by atoms with Gasteiger partial charge in [0.05, 0.1) is 19.5 Å². The molecule has 16 nitrogen and oxygen atoms in total. The van der Waals surface area contributed by atoms with Crippen LogP contribution < -0.4 is 17.0 Å². The highest BCUT2D eigenvalue weighted by molar-refractivity contribution is 8.60. The summed E-state index contributed by atoms with van der Waals surface area (Å²) in [6, 6.07) is 3.26. The van der Waals surface area contributed by atoms with Crippen molar-refractivity contribution >= 4 is 82.1 Å². The van der Waals surface area contributed by atoms with E-state index in [0.717, 1.165) is 0 Å². The molecule has 4 aromatic heterocycles. The van der Waals surface area contributed by atoms with E-state index in [2.05, 4.69) is 32.2 Å². The second kappa shape index (κ2) is 11.5. The van der Waals surface area contributed by atoms with Crippen LogP contribution in [0, 0.1) is 0 Å². The van der Waals surface area contributed by atoms with Crippen molar-refractivity contribution in [1.29, 1.82) is 0 Å². The topological polar surface area (TPSA) is 209 Å². The van der Waals surface area contributed by atoms with Gasteiger partial charge in [-0.1, -0.05) is 12.2 Å². The number of rotatable bonds is 2. The molecule has 0 aromatic carbocycles. The van der Waals surface area contributed by atoms with Gasteiger partial charge in [-0.2, -0.15) is 4.98 Å². The Morgan fingerprint density at radius 2 is 1.76 bits per heavy atom. The average Bonchev–Trinajstić information content (AvgIpc) is 3.72. The maximum Gasteiger partial charge on any atom is 0.325 e. The molecule has 7 heterocycles. The van der Waals surface area contributed by atoms with E-state index in [0.29, 0.717) is 16.7 Å². The first kappa shape index (κ1) is 31.5. The van der Waals surface area contributed by atoms with E-state index in [4.69, 9.17) is 62.6 Å². The molecule has 4 aromatic rings. The Labute approximate surface area is 266 Å². The summed E-state index contributed by atoms with van der Waals surface area (Å²) in [5, 5.41) is 0.571. The molecule has 10 atom stereocenters. The van der Waals surface area contributed by atoms with Gasteiger partial charge in [-0.05, 0) is 35.7 Å². The molecule has 3 aliphatic rings. The fraction of sp³-hybridized carbons (Fsp3) is 0.455. The maximum absolute atomic E-state index is 16.1.